The summed E-state index contributed by atoms with van der Waals surface area (Å²) in [7, 11) is 1.66. The second kappa shape index (κ2) is 4.00. The summed E-state index contributed by atoms with van der Waals surface area (Å²) in [4.78, 5) is 39.0. The van der Waals surface area contributed by atoms with Gasteiger partial charge >= 0.3 is 0 Å². The Kier molecular flexibility index (Phi) is 2.68. The molecule has 0 unspecified atom stereocenters. The Hall–Kier alpha value is -1.78. The number of Topliss-reactive ketones (excluding diaryl/α,β-unsaturated/α-hetero) is 3. The molecule has 0 atom stereocenters. The predicted molar refractivity (Wildman–Crippen MR) is 54.9 cm³/mol. The van der Waals surface area contributed by atoms with Crippen LogP contribution >= 0.6 is 0 Å². The van der Waals surface area contributed by atoms with Crippen molar-refractivity contribution in [3.8, 4) is 0 Å². The molecule has 1 fully saturated rings. The Morgan fingerprint density at radius 1 is 1.38 bits per heavy atom. The minimum atomic E-state index is -1.12. The van der Waals surface area contributed by atoms with Crippen molar-refractivity contribution in [2.75, 3.05) is 0 Å². The zero-order valence-corrected chi connectivity index (χ0v) is 8.97. The molecule has 1 aromatic rings. The van der Waals surface area contributed by atoms with E-state index in [1.165, 1.54) is 10.8 Å². The molecule has 2 rings (SSSR count). The topological polar surface area (TPSA) is 69.0 Å². The first-order valence-electron chi connectivity index (χ1n) is 5.18. The summed E-state index contributed by atoms with van der Waals surface area (Å²) in [6.45, 7) is 0. The van der Waals surface area contributed by atoms with Gasteiger partial charge in [-0.3, -0.25) is 14.4 Å². The van der Waals surface area contributed by atoms with Gasteiger partial charge in [0, 0.05) is 32.3 Å². The number of carbonyl (C=O) groups excluding carboxylic acids is 3. The summed E-state index contributed by atoms with van der Waals surface area (Å²) in [5.41, 5.74) is 0. The third-order valence-electron chi connectivity index (χ3n) is 2.79. The van der Waals surface area contributed by atoms with Gasteiger partial charge in [-0.1, -0.05) is 0 Å². The highest BCUT2D eigenvalue weighted by molar-refractivity contribution is 6.24. The number of carbonyl (C=O) groups is 3. The number of hydrogen-bond acceptors (Lipinski definition) is 4. The molecule has 1 aromatic heterocycles. The molecule has 16 heavy (non-hydrogen) atoms. The van der Waals surface area contributed by atoms with Crippen molar-refractivity contribution in [2.24, 2.45) is 13.0 Å². The maximum atomic E-state index is 12.0. The molecule has 0 aromatic carbocycles. The minimum absolute atomic E-state index is 0.175. The highest BCUT2D eigenvalue weighted by Gasteiger charge is 2.37. The fourth-order valence-electron chi connectivity index (χ4n) is 1.93. The molecule has 1 saturated carbocycles. The average Bonchev–Trinajstić information content (AvgIpc) is 2.64. The normalized spacial score (nSPS) is 17.8. The highest BCUT2D eigenvalue weighted by Crippen LogP contribution is 2.20. The standard InChI is InChI=1S/C11H12N2O3/c1-13-6-5-12-11(13)10(16)9-7(14)3-2-4-8(9)15/h5-6,9H,2-4H2,1H3. The van der Waals surface area contributed by atoms with Crippen LogP contribution in [0, 0.1) is 5.92 Å². The molecule has 0 aliphatic heterocycles. The van der Waals surface area contributed by atoms with Gasteiger partial charge in [-0.2, -0.15) is 0 Å². The van der Waals surface area contributed by atoms with E-state index in [0.717, 1.165) is 0 Å². The summed E-state index contributed by atoms with van der Waals surface area (Å²) in [5.74, 6) is -1.96. The van der Waals surface area contributed by atoms with Gasteiger partial charge in [0.15, 0.2) is 17.4 Å². The first-order chi connectivity index (χ1) is 7.61. The summed E-state index contributed by atoms with van der Waals surface area (Å²) in [6.07, 6.45) is 4.27. The van der Waals surface area contributed by atoms with Crippen LogP contribution in [0.25, 0.3) is 0 Å². The molecular weight excluding hydrogens is 208 g/mol. The van der Waals surface area contributed by atoms with Gasteiger partial charge in [0.05, 0.1) is 0 Å². The molecule has 0 saturated heterocycles. The van der Waals surface area contributed by atoms with Crippen molar-refractivity contribution in [2.45, 2.75) is 19.3 Å². The lowest BCUT2D eigenvalue weighted by molar-refractivity contribution is -0.133. The number of ketones is 3. The molecule has 1 aliphatic rings. The molecule has 0 bridgehead atoms. The second-order valence-corrected chi connectivity index (χ2v) is 3.95. The van der Waals surface area contributed by atoms with Gasteiger partial charge in [0.2, 0.25) is 5.78 Å². The van der Waals surface area contributed by atoms with E-state index in [1.807, 2.05) is 0 Å². The van der Waals surface area contributed by atoms with Crippen LogP contribution in [-0.4, -0.2) is 26.9 Å². The van der Waals surface area contributed by atoms with Crippen molar-refractivity contribution in [1.29, 1.82) is 0 Å². The Balaban J connectivity index is 2.30. The zero-order chi connectivity index (χ0) is 11.7. The maximum absolute atomic E-state index is 12.0. The SMILES string of the molecule is Cn1ccnc1C(=O)C1C(=O)CCCC1=O. The maximum Gasteiger partial charge on any atom is 0.216 e. The van der Waals surface area contributed by atoms with Gasteiger partial charge in [0.25, 0.3) is 0 Å². The van der Waals surface area contributed by atoms with Crippen molar-refractivity contribution < 1.29 is 14.4 Å². The van der Waals surface area contributed by atoms with Crippen LogP contribution in [0.15, 0.2) is 12.4 Å². The van der Waals surface area contributed by atoms with Crippen molar-refractivity contribution in [1.82, 2.24) is 9.55 Å². The van der Waals surface area contributed by atoms with Crippen LogP contribution in [0.5, 0.6) is 0 Å². The van der Waals surface area contributed by atoms with E-state index in [0.29, 0.717) is 19.3 Å². The smallest absolute Gasteiger partial charge is 0.216 e. The van der Waals surface area contributed by atoms with E-state index in [2.05, 4.69) is 4.98 Å². The third-order valence-corrected chi connectivity index (χ3v) is 2.79. The molecule has 0 radical (unpaired) electrons. The zero-order valence-electron chi connectivity index (χ0n) is 8.97. The monoisotopic (exact) mass is 220 g/mol. The lowest BCUT2D eigenvalue weighted by Gasteiger charge is -2.17. The van der Waals surface area contributed by atoms with Gasteiger partial charge in [0.1, 0.15) is 5.92 Å². The first-order valence-corrected chi connectivity index (χ1v) is 5.18. The van der Waals surface area contributed by atoms with Crippen LogP contribution in [-0.2, 0) is 16.6 Å². The van der Waals surface area contributed by atoms with Crippen LogP contribution in [0.2, 0.25) is 0 Å². The number of imidazole rings is 1. The van der Waals surface area contributed by atoms with Crippen LogP contribution in [0.3, 0.4) is 0 Å². The number of hydrogen-bond donors (Lipinski definition) is 0. The van der Waals surface area contributed by atoms with Gasteiger partial charge in [-0.05, 0) is 6.42 Å². The Labute approximate surface area is 92.5 Å². The van der Waals surface area contributed by atoms with E-state index in [1.54, 1.807) is 13.2 Å². The molecule has 0 N–H and O–H groups in total. The van der Waals surface area contributed by atoms with Crippen LogP contribution in [0.1, 0.15) is 29.9 Å². The van der Waals surface area contributed by atoms with E-state index >= 15 is 0 Å². The lowest BCUT2D eigenvalue weighted by Crippen LogP contribution is -2.36. The van der Waals surface area contributed by atoms with Gasteiger partial charge < -0.3 is 4.57 Å². The number of aromatic nitrogens is 2. The molecule has 5 nitrogen and oxygen atoms in total. The highest BCUT2D eigenvalue weighted by atomic mass is 16.2. The Morgan fingerprint density at radius 2 is 2.00 bits per heavy atom. The average molecular weight is 220 g/mol. The largest absolute Gasteiger partial charge is 0.332 e. The van der Waals surface area contributed by atoms with E-state index < -0.39 is 11.7 Å². The quantitative estimate of drug-likeness (QED) is 0.539. The summed E-state index contributed by atoms with van der Waals surface area (Å²) < 4.78 is 1.53. The van der Waals surface area contributed by atoms with Crippen LogP contribution < -0.4 is 0 Å². The second-order valence-electron chi connectivity index (χ2n) is 3.95. The molecule has 1 heterocycles. The summed E-state index contributed by atoms with van der Waals surface area (Å²) >= 11 is 0. The van der Waals surface area contributed by atoms with E-state index in [-0.39, 0.29) is 17.4 Å². The Morgan fingerprint density at radius 3 is 2.50 bits per heavy atom. The van der Waals surface area contributed by atoms with Gasteiger partial charge in [-0.25, -0.2) is 4.98 Å². The summed E-state index contributed by atoms with van der Waals surface area (Å²) in [5, 5.41) is 0. The minimum Gasteiger partial charge on any atom is -0.332 e. The van der Waals surface area contributed by atoms with E-state index in [4.69, 9.17) is 0 Å². The predicted octanol–water partition coefficient (Wildman–Crippen LogP) is 0.541. The molecular formula is C11H12N2O3. The van der Waals surface area contributed by atoms with Gasteiger partial charge in [-0.15, -0.1) is 0 Å². The fourth-order valence-corrected chi connectivity index (χ4v) is 1.93. The van der Waals surface area contributed by atoms with Crippen molar-refractivity contribution >= 4 is 17.3 Å². The molecule has 1 aliphatic carbocycles. The van der Waals surface area contributed by atoms with Crippen molar-refractivity contribution in [3.05, 3.63) is 18.2 Å². The third kappa shape index (κ3) is 1.68. The van der Waals surface area contributed by atoms with Crippen molar-refractivity contribution in [3.63, 3.8) is 0 Å². The first kappa shape index (κ1) is 10.7. The molecule has 0 spiro atoms. The number of rotatable bonds is 2. The molecule has 84 valence electrons. The van der Waals surface area contributed by atoms with E-state index in [9.17, 15) is 14.4 Å². The number of aryl methyl sites for hydroxylation is 1. The molecule has 0 amide bonds. The number of nitrogens with zero attached hydrogens (tertiary/aromatic N) is 2. The van der Waals surface area contributed by atoms with Crippen LogP contribution in [0.4, 0.5) is 0 Å². The molecule has 5 heteroatoms. The fraction of sp³-hybridized carbons (Fsp3) is 0.455. The lowest BCUT2D eigenvalue weighted by atomic mass is 9.83. The Bertz CT molecular complexity index is 446. The summed E-state index contributed by atoms with van der Waals surface area (Å²) in [6, 6.07) is 0.